The van der Waals surface area contributed by atoms with Crippen molar-refractivity contribution < 1.29 is 13.6 Å². The molecule has 0 aromatic carbocycles. The van der Waals surface area contributed by atoms with E-state index in [0.29, 0.717) is 19.2 Å². The van der Waals surface area contributed by atoms with Gasteiger partial charge in [-0.05, 0) is 13.8 Å². The molecule has 0 saturated carbocycles. The van der Waals surface area contributed by atoms with Gasteiger partial charge in [-0.15, -0.1) is 0 Å². The molecule has 0 radical (unpaired) electrons. The lowest BCUT2D eigenvalue weighted by atomic mass is 10.9. The Kier molecular flexibility index (Phi) is 4.13. The van der Waals surface area contributed by atoms with Crippen LogP contribution in [0.5, 0.6) is 0 Å². The van der Waals surface area contributed by atoms with Crippen LogP contribution in [0, 0.1) is 0 Å². The van der Waals surface area contributed by atoms with Crippen LogP contribution in [0.25, 0.3) is 0 Å². The van der Waals surface area contributed by atoms with Crippen LogP contribution < -0.4 is 5.09 Å². The molecule has 7 heteroatoms. The highest BCUT2D eigenvalue weighted by molar-refractivity contribution is 7.55. The minimum atomic E-state index is -3.25. The molecule has 0 aliphatic rings. The fraction of sp³-hybridized carbons (Fsp3) is 0.571. The Labute approximate surface area is 82.6 Å². The fourth-order valence-electron chi connectivity index (χ4n) is 0.898. The van der Waals surface area contributed by atoms with Gasteiger partial charge < -0.3 is 4.98 Å². The first-order valence-corrected chi connectivity index (χ1v) is 5.91. The topological polar surface area (TPSA) is 76.2 Å². The summed E-state index contributed by atoms with van der Waals surface area (Å²) in [7, 11) is -3.25. The van der Waals surface area contributed by atoms with Gasteiger partial charge in [0.1, 0.15) is 0 Å². The molecule has 1 aromatic heterocycles. The first-order chi connectivity index (χ1) is 6.70. The Morgan fingerprint density at radius 2 is 2.14 bits per heavy atom. The Hall–Kier alpha value is -0.840. The number of aromatic amines is 1. The Bertz CT molecular complexity index is 291. The van der Waals surface area contributed by atoms with Crippen molar-refractivity contribution in [2.75, 3.05) is 18.3 Å². The molecule has 80 valence electrons. The third kappa shape index (κ3) is 3.14. The van der Waals surface area contributed by atoms with Crippen LogP contribution in [0.15, 0.2) is 12.4 Å². The number of anilines is 1. The van der Waals surface area contributed by atoms with Crippen molar-refractivity contribution in [3.63, 3.8) is 0 Å². The summed E-state index contributed by atoms with van der Waals surface area (Å²) in [6, 6.07) is 0. The van der Waals surface area contributed by atoms with Crippen molar-refractivity contribution in [3.05, 3.63) is 12.4 Å². The van der Waals surface area contributed by atoms with Crippen LogP contribution in [0.2, 0.25) is 0 Å². The quantitative estimate of drug-likeness (QED) is 0.715. The number of rotatable bonds is 6. The minimum Gasteiger partial charge on any atom is -0.331 e. The maximum Gasteiger partial charge on any atom is 0.435 e. The average molecular weight is 219 g/mol. The predicted molar refractivity (Wildman–Crippen MR) is 53.1 cm³/mol. The number of hydrogen-bond acceptors (Lipinski definition) is 4. The number of H-pyrrole nitrogens is 1. The van der Waals surface area contributed by atoms with E-state index in [1.54, 1.807) is 26.2 Å². The molecule has 0 fully saturated rings. The van der Waals surface area contributed by atoms with Crippen molar-refractivity contribution in [1.82, 2.24) is 9.97 Å². The fourth-order valence-corrected chi connectivity index (χ4v) is 2.16. The van der Waals surface area contributed by atoms with E-state index >= 15 is 0 Å². The Balaban J connectivity index is 2.64. The standard InChI is InChI=1S/C7H14N3O3P/c1-3-12-14(11,13-4-2)10-7-8-5-6-9-7/h5-6H,3-4H2,1-2H3,(H2,8,9,10,11). The molecule has 14 heavy (non-hydrogen) atoms. The van der Waals surface area contributed by atoms with Crippen molar-refractivity contribution in [1.29, 1.82) is 0 Å². The van der Waals surface area contributed by atoms with Crippen LogP contribution in [0.3, 0.4) is 0 Å². The molecular weight excluding hydrogens is 205 g/mol. The summed E-state index contributed by atoms with van der Waals surface area (Å²) < 4.78 is 21.9. The zero-order chi connectivity index (χ0) is 10.4. The Morgan fingerprint density at radius 3 is 2.57 bits per heavy atom. The lowest BCUT2D eigenvalue weighted by Gasteiger charge is -2.16. The maximum atomic E-state index is 11.9. The SMILES string of the molecule is CCOP(=O)(Nc1ncc[nH]1)OCC. The summed E-state index contributed by atoms with van der Waals surface area (Å²) >= 11 is 0. The molecule has 6 nitrogen and oxygen atoms in total. The average Bonchev–Trinajstić information content (AvgIpc) is 2.57. The molecule has 0 atom stereocenters. The van der Waals surface area contributed by atoms with E-state index in [4.69, 9.17) is 9.05 Å². The number of nitrogens with zero attached hydrogens (tertiary/aromatic N) is 1. The molecule has 0 unspecified atom stereocenters. The molecule has 1 rings (SSSR count). The maximum absolute atomic E-state index is 11.9. The van der Waals surface area contributed by atoms with Crippen molar-refractivity contribution in [2.45, 2.75) is 13.8 Å². The molecule has 0 amide bonds. The van der Waals surface area contributed by atoms with Gasteiger partial charge in [0.05, 0.1) is 13.2 Å². The molecule has 0 saturated heterocycles. The second kappa shape index (κ2) is 5.14. The highest BCUT2D eigenvalue weighted by Gasteiger charge is 2.24. The van der Waals surface area contributed by atoms with Gasteiger partial charge >= 0.3 is 7.75 Å². The molecule has 1 heterocycles. The predicted octanol–water partition coefficient (Wildman–Crippen LogP) is 2.00. The van der Waals surface area contributed by atoms with Crippen LogP contribution in [0.1, 0.15) is 13.8 Å². The van der Waals surface area contributed by atoms with E-state index in [-0.39, 0.29) is 0 Å². The monoisotopic (exact) mass is 219 g/mol. The summed E-state index contributed by atoms with van der Waals surface area (Å²) in [5.41, 5.74) is 0. The smallest absolute Gasteiger partial charge is 0.331 e. The third-order valence-electron chi connectivity index (χ3n) is 1.34. The highest BCUT2D eigenvalue weighted by Crippen LogP contribution is 2.46. The van der Waals surface area contributed by atoms with E-state index in [2.05, 4.69) is 15.1 Å². The minimum absolute atomic E-state index is 0.311. The van der Waals surface area contributed by atoms with E-state index in [9.17, 15) is 4.57 Å². The van der Waals surface area contributed by atoms with Crippen LogP contribution in [-0.2, 0) is 13.6 Å². The van der Waals surface area contributed by atoms with Gasteiger partial charge in [-0.1, -0.05) is 0 Å². The summed E-state index contributed by atoms with van der Waals surface area (Å²) in [4.78, 5) is 6.62. The van der Waals surface area contributed by atoms with Crippen molar-refractivity contribution >= 4 is 13.7 Å². The number of hydrogen-bond donors (Lipinski definition) is 2. The zero-order valence-corrected chi connectivity index (χ0v) is 9.08. The molecule has 0 aliphatic heterocycles. The summed E-state index contributed by atoms with van der Waals surface area (Å²) in [6.45, 7) is 4.11. The number of aromatic nitrogens is 2. The molecule has 1 aromatic rings. The lowest BCUT2D eigenvalue weighted by Crippen LogP contribution is -2.05. The third-order valence-corrected chi connectivity index (χ3v) is 3.02. The summed E-state index contributed by atoms with van der Waals surface area (Å²) in [6.07, 6.45) is 3.16. The lowest BCUT2D eigenvalue weighted by molar-refractivity contribution is 0.225. The second-order valence-corrected chi connectivity index (χ2v) is 4.12. The highest BCUT2D eigenvalue weighted by atomic mass is 31.2. The van der Waals surface area contributed by atoms with Gasteiger partial charge in [0.2, 0.25) is 5.95 Å². The molecule has 0 bridgehead atoms. The van der Waals surface area contributed by atoms with Gasteiger partial charge in [0.25, 0.3) is 0 Å². The van der Waals surface area contributed by atoms with E-state index in [1.807, 2.05) is 0 Å². The van der Waals surface area contributed by atoms with Gasteiger partial charge in [0.15, 0.2) is 0 Å². The summed E-state index contributed by atoms with van der Waals surface area (Å²) in [5.74, 6) is 0.371. The summed E-state index contributed by atoms with van der Waals surface area (Å²) in [5, 5.41) is 2.58. The first-order valence-electron chi connectivity index (χ1n) is 4.37. The van der Waals surface area contributed by atoms with Crippen LogP contribution in [-0.4, -0.2) is 23.2 Å². The molecular formula is C7H14N3O3P. The van der Waals surface area contributed by atoms with Gasteiger partial charge in [-0.25, -0.2) is 9.55 Å². The van der Waals surface area contributed by atoms with E-state index < -0.39 is 7.75 Å². The number of nitrogens with one attached hydrogen (secondary N) is 2. The zero-order valence-electron chi connectivity index (χ0n) is 8.19. The molecule has 2 N–H and O–H groups in total. The second-order valence-electron chi connectivity index (χ2n) is 2.38. The molecule has 0 aliphatic carbocycles. The normalized spacial score (nSPS) is 11.6. The number of imidazole rings is 1. The van der Waals surface area contributed by atoms with Gasteiger partial charge in [-0.2, -0.15) is 0 Å². The van der Waals surface area contributed by atoms with Crippen LogP contribution in [0.4, 0.5) is 5.95 Å². The van der Waals surface area contributed by atoms with Crippen LogP contribution >= 0.6 is 7.75 Å². The van der Waals surface area contributed by atoms with E-state index in [0.717, 1.165) is 0 Å². The van der Waals surface area contributed by atoms with E-state index in [1.165, 1.54) is 0 Å². The molecule has 0 spiro atoms. The Morgan fingerprint density at radius 1 is 1.50 bits per heavy atom. The van der Waals surface area contributed by atoms with Gasteiger partial charge in [0, 0.05) is 12.4 Å². The van der Waals surface area contributed by atoms with Crippen molar-refractivity contribution in [3.8, 4) is 0 Å². The van der Waals surface area contributed by atoms with Crippen molar-refractivity contribution in [2.24, 2.45) is 0 Å². The van der Waals surface area contributed by atoms with Gasteiger partial charge in [-0.3, -0.25) is 14.1 Å². The largest absolute Gasteiger partial charge is 0.435 e. The first kappa shape index (κ1) is 11.2.